The summed E-state index contributed by atoms with van der Waals surface area (Å²) in [6.07, 6.45) is -3.10. The Balaban J connectivity index is 2.66. The van der Waals surface area contributed by atoms with E-state index in [0.29, 0.717) is 18.4 Å². The minimum Gasteiger partial charge on any atom is -0.298 e. The molecule has 21 heavy (non-hydrogen) atoms. The molecule has 2 rings (SSSR count). The Labute approximate surface area is 123 Å². The van der Waals surface area contributed by atoms with Gasteiger partial charge in [0, 0.05) is 6.07 Å². The predicted octanol–water partition coefficient (Wildman–Crippen LogP) is 3.37. The maximum atomic E-state index is 12.6. The van der Waals surface area contributed by atoms with E-state index in [-0.39, 0.29) is 15.9 Å². The average Bonchev–Trinajstić information content (AvgIpc) is 2.77. The lowest BCUT2D eigenvalue weighted by Crippen LogP contribution is -2.08. The van der Waals surface area contributed by atoms with Crippen LogP contribution in [0.15, 0.2) is 29.0 Å². The van der Waals surface area contributed by atoms with Crippen molar-refractivity contribution in [2.24, 2.45) is 0 Å². The molecular weight excluding hydrogens is 359 g/mol. The van der Waals surface area contributed by atoms with Gasteiger partial charge in [-0.1, -0.05) is 0 Å². The topological polar surface area (TPSA) is 78.0 Å². The second-order valence-electron chi connectivity index (χ2n) is 3.88. The first kappa shape index (κ1) is 15.2. The molecule has 0 bridgehead atoms. The van der Waals surface area contributed by atoms with Crippen LogP contribution in [0, 0.1) is 10.1 Å². The van der Waals surface area contributed by atoms with Gasteiger partial charge in [-0.25, -0.2) is 4.68 Å². The lowest BCUT2D eigenvalue weighted by molar-refractivity contribution is -0.384. The number of benzene rings is 1. The minimum absolute atomic E-state index is 0.111. The second-order valence-corrected chi connectivity index (χ2v) is 4.63. The Kier molecular flexibility index (Phi) is 3.81. The van der Waals surface area contributed by atoms with Gasteiger partial charge < -0.3 is 0 Å². The summed E-state index contributed by atoms with van der Waals surface area (Å²) in [6, 6.07) is 2.05. The molecule has 2 aromatic rings. The Morgan fingerprint density at radius 3 is 2.52 bits per heavy atom. The first-order valence-corrected chi connectivity index (χ1v) is 6.09. The van der Waals surface area contributed by atoms with E-state index in [2.05, 4.69) is 21.0 Å². The zero-order valence-electron chi connectivity index (χ0n) is 9.96. The SMILES string of the molecule is O=Cc1cnn(-c2ccc(C(F)(F)F)cc2[N+](=O)[O-])c1Br. The molecule has 1 aromatic heterocycles. The average molecular weight is 364 g/mol. The monoisotopic (exact) mass is 363 g/mol. The Bertz CT molecular complexity index is 727. The Morgan fingerprint density at radius 2 is 2.05 bits per heavy atom. The van der Waals surface area contributed by atoms with Gasteiger partial charge in [0.25, 0.3) is 5.69 Å². The Morgan fingerprint density at radius 1 is 1.38 bits per heavy atom. The molecular formula is C11H5BrF3N3O3. The van der Waals surface area contributed by atoms with Crippen molar-refractivity contribution in [2.75, 3.05) is 0 Å². The largest absolute Gasteiger partial charge is 0.416 e. The normalized spacial score (nSPS) is 11.4. The quantitative estimate of drug-likeness (QED) is 0.475. The van der Waals surface area contributed by atoms with Crippen LogP contribution >= 0.6 is 15.9 Å². The van der Waals surface area contributed by atoms with Gasteiger partial charge in [-0.2, -0.15) is 18.3 Å². The van der Waals surface area contributed by atoms with E-state index in [4.69, 9.17) is 0 Å². The van der Waals surface area contributed by atoms with Crippen LogP contribution in [-0.2, 0) is 6.18 Å². The molecule has 6 nitrogen and oxygen atoms in total. The van der Waals surface area contributed by atoms with Crippen molar-refractivity contribution in [2.45, 2.75) is 6.18 Å². The fourth-order valence-corrected chi connectivity index (χ4v) is 2.10. The third-order valence-corrected chi connectivity index (χ3v) is 3.38. The Hall–Kier alpha value is -2.23. The van der Waals surface area contributed by atoms with E-state index >= 15 is 0 Å². The molecule has 0 saturated carbocycles. The summed E-state index contributed by atoms with van der Waals surface area (Å²) in [4.78, 5) is 20.7. The number of aldehydes is 1. The number of nitro groups is 1. The fourth-order valence-electron chi connectivity index (χ4n) is 1.62. The van der Waals surface area contributed by atoms with Crippen molar-refractivity contribution < 1.29 is 22.9 Å². The highest BCUT2D eigenvalue weighted by atomic mass is 79.9. The summed E-state index contributed by atoms with van der Waals surface area (Å²) in [6.45, 7) is 0. The molecule has 110 valence electrons. The number of nitro benzene ring substituents is 1. The summed E-state index contributed by atoms with van der Waals surface area (Å²) in [5.74, 6) is 0. The third kappa shape index (κ3) is 2.79. The molecule has 10 heteroatoms. The van der Waals surface area contributed by atoms with E-state index in [9.17, 15) is 28.1 Å². The zero-order chi connectivity index (χ0) is 15.8. The van der Waals surface area contributed by atoms with Crippen molar-refractivity contribution in [3.63, 3.8) is 0 Å². The third-order valence-electron chi connectivity index (χ3n) is 2.59. The van der Waals surface area contributed by atoms with Crippen LogP contribution < -0.4 is 0 Å². The standard InChI is InChI=1S/C11H5BrF3N3O3/c12-10-6(5-19)4-16-17(10)8-2-1-7(11(13,14)15)3-9(8)18(20)21/h1-5H. The van der Waals surface area contributed by atoms with Crippen LogP contribution in [0.1, 0.15) is 15.9 Å². The van der Waals surface area contributed by atoms with Crippen LogP contribution in [0.2, 0.25) is 0 Å². The molecule has 1 heterocycles. The number of alkyl halides is 3. The van der Waals surface area contributed by atoms with E-state index in [1.165, 1.54) is 0 Å². The molecule has 0 aliphatic heterocycles. The van der Waals surface area contributed by atoms with Crippen molar-refractivity contribution in [1.82, 2.24) is 9.78 Å². The molecule has 0 N–H and O–H groups in total. The van der Waals surface area contributed by atoms with Crippen molar-refractivity contribution in [1.29, 1.82) is 0 Å². The smallest absolute Gasteiger partial charge is 0.298 e. The summed E-state index contributed by atoms with van der Waals surface area (Å²) in [5, 5.41) is 14.7. The maximum Gasteiger partial charge on any atom is 0.416 e. The summed E-state index contributed by atoms with van der Waals surface area (Å²) < 4.78 is 38.9. The van der Waals surface area contributed by atoms with Crippen molar-refractivity contribution in [3.8, 4) is 5.69 Å². The lowest BCUT2D eigenvalue weighted by atomic mass is 10.1. The van der Waals surface area contributed by atoms with Crippen molar-refractivity contribution in [3.05, 3.63) is 50.2 Å². The molecule has 0 saturated heterocycles. The molecule has 0 amide bonds. The van der Waals surface area contributed by atoms with E-state index in [0.717, 1.165) is 16.9 Å². The van der Waals surface area contributed by atoms with E-state index in [1.54, 1.807) is 0 Å². The molecule has 0 atom stereocenters. The zero-order valence-corrected chi connectivity index (χ0v) is 11.6. The molecule has 0 unspecified atom stereocenters. The van der Waals surface area contributed by atoms with Crippen LogP contribution in [0.25, 0.3) is 5.69 Å². The van der Waals surface area contributed by atoms with Gasteiger partial charge in [0.15, 0.2) is 6.29 Å². The fraction of sp³-hybridized carbons (Fsp3) is 0.0909. The highest BCUT2D eigenvalue weighted by Crippen LogP contribution is 2.35. The van der Waals surface area contributed by atoms with Gasteiger partial charge in [-0.05, 0) is 28.1 Å². The highest BCUT2D eigenvalue weighted by molar-refractivity contribution is 9.10. The second kappa shape index (κ2) is 5.28. The first-order valence-electron chi connectivity index (χ1n) is 5.30. The number of hydrogen-bond donors (Lipinski definition) is 0. The van der Waals surface area contributed by atoms with Gasteiger partial charge in [-0.15, -0.1) is 0 Å². The number of rotatable bonds is 3. The van der Waals surface area contributed by atoms with E-state index < -0.39 is 22.4 Å². The van der Waals surface area contributed by atoms with E-state index in [1.807, 2.05) is 0 Å². The van der Waals surface area contributed by atoms with Gasteiger partial charge in [0.2, 0.25) is 0 Å². The van der Waals surface area contributed by atoms with Crippen LogP contribution in [0.5, 0.6) is 0 Å². The van der Waals surface area contributed by atoms with Crippen LogP contribution in [0.4, 0.5) is 18.9 Å². The van der Waals surface area contributed by atoms with Gasteiger partial charge in [0.05, 0.1) is 22.2 Å². The molecule has 0 spiro atoms. The molecule has 1 aromatic carbocycles. The number of nitrogens with zero attached hydrogens (tertiary/aromatic N) is 3. The maximum absolute atomic E-state index is 12.6. The van der Waals surface area contributed by atoms with Crippen LogP contribution in [-0.4, -0.2) is 21.0 Å². The van der Waals surface area contributed by atoms with Crippen molar-refractivity contribution >= 4 is 27.9 Å². The van der Waals surface area contributed by atoms with Gasteiger partial charge in [0.1, 0.15) is 10.3 Å². The summed E-state index contributed by atoms with van der Waals surface area (Å²) in [5.41, 5.74) is -1.99. The summed E-state index contributed by atoms with van der Waals surface area (Å²) >= 11 is 3.01. The number of aromatic nitrogens is 2. The summed E-state index contributed by atoms with van der Waals surface area (Å²) in [7, 11) is 0. The minimum atomic E-state index is -4.70. The molecule has 0 radical (unpaired) electrons. The van der Waals surface area contributed by atoms with Gasteiger partial charge >= 0.3 is 6.18 Å². The molecule has 0 aliphatic carbocycles. The number of halogens is 4. The lowest BCUT2D eigenvalue weighted by Gasteiger charge is -2.09. The first-order chi connectivity index (χ1) is 9.75. The van der Waals surface area contributed by atoms with Crippen LogP contribution in [0.3, 0.4) is 0 Å². The molecule has 0 aliphatic rings. The number of hydrogen-bond acceptors (Lipinski definition) is 4. The number of carbonyl (C=O) groups is 1. The highest BCUT2D eigenvalue weighted by Gasteiger charge is 2.33. The molecule has 0 fully saturated rings. The predicted molar refractivity (Wildman–Crippen MR) is 68.3 cm³/mol. The number of carbonyl (C=O) groups excluding carboxylic acids is 1. The van der Waals surface area contributed by atoms with Gasteiger partial charge in [-0.3, -0.25) is 14.9 Å².